The van der Waals surface area contributed by atoms with Gasteiger partial charge in [-0.1, -0.05) is 25.9 Å². The second-order valence-electron chi connectivity index (χ2n) is 3.91. The van der Waals surface area contributed by atoms with Gasteiger partial charge in [0.2, 0.25) is 5.91 Å². The van der Waals surface area contributed by atoms with Gasteiger partial charge in [-0.3, -0.25) is 4.79 Å². The third kappa shape index (κ3) is 3.40. The van der Waals surface area contributed by atoms with Gasteiger partial charge in [0, 0.05) is 13.1 Å². The molecule has 0 fully saturated rings. The zero-order valence-electron chi connectivity index (χ0n) is 10.6. The van der Waals surface area contributed by atoms with Crippen LogP contribution in [0, 0.1) is 5.92 Å². The molecule has 0 aliphatic heterocycles. The molecule has 0 heterocycles. The van der Waals surface area contributed by atoms with E-state index in [1.54, 1.807) is 11.9 Å². The van der Waals surface area contributed by atoms with Gasteiger partial charge in [-0.05, 0) is 19.3 Å². The fraction of sp³-hybridized carbons (Fsp3) is 0.818. The van der Waals surface area contributed by atoms with E-state index in [1.165, 1.54) is 0 Å². The van der Waals surface area contributed by atoms with E-state index < -0.39 is 5.92 Å². The van der Waals surface area contributed by atoms with E-state index in [4.69, 9.17) is 10.9 Å². The number of carbonyl (C=O) groups is 1. The molecular formula is C11H23N3O2. The summed E-state index contributed by atoms with van der Waals surface area (Å²) in [6, 6.07) is 0.216. The molecule has 0 aromatic carbocycles. The highest BCUT2D eigenvalue weighted by Crippen LogP contribution is 2.13. The van der Waals surface area contributed by atoms with Crippen LogP contribution in [0.25, 0.3) is 0 Å². The molecule has 5 heteroatoms. The van der Waals surface area contributed by atoms with Gasteiger partial charge < -0.3 is 15.8 Å². The molecule has 1 unspecified atom stereocenters. The predicted octanol–water partition coefficient (Wildman–Crippen LogP) is 1.41. The molecular weight excluding hydrogens is 206 g/mol. The predicted molar refractivity (Wildman–Crippen MR) is 64.3 cm³/mol. The van der Waals surface area contributed by atoms with Crippen molar-refractivity contribution in [2.75, 3.05) is 7.05 Å². The lowest BCUT2D eigenvalue weighted by molar-refractivity contribution is -0.134. The minimum absolute atomic E-state index is 0.00898. The Morgan fingerprint density at radius 1 is 1.31 bits per heavy atom. The van der Waals surface area contributed by atoms with Crippen LogP contribution in [0.3, 0.4) is 0 Å². The summed E-state index contributed by atoms with van der Waals surface area (Å²) in [7, 11) is 1.77. The normalized spacial score (nSPS) is 13.9. The fourth-order valence-corrected chi connectivity index (χ4v) is 1.84. The zero-order valence-corrected chi connectivity index (χ0v) is 10.6. The maximum atomic E-state index is 12.1. The first kappa shape index (κ1) is 14.7. The van der Waals surface area contributed by atoms with E-state index in [9.17, 15) is 4.79 Å². The maximum absolute atomic E-state index is 12.1. The largest absolute Gasteiger partial charge is 0.409 e. The minimum atomic E-state index is -0.518. The van der Waals surface area contributed by atoms with Crippen molar-refractivity contribution in [3.8, 4) is 0 Å². The third-order valence-electron chi connectivity index (χ3n) is 3.02. The third-order valence-corrected chi connectivity index (χ3v) is 3.02. The Bertz CT molecular complexity index is 250. The lowest BCUT2D eigenvalue weighted by Crippen LogP contribution is -2.44. The van der Waals surface area contributed by atoms with Crippen molar-refractivity contribution in [2.45, 2.75) is 46.1 Å². The van der Waals surface area contributed by atoms with Crippen molar-refractivity contribution in [1.82, 2.24) is 4.90 Å². The summed E-state index contributed by atoms with van der Waals surface area (Å²) in [5, 5.41) is 11.5. The number of amides is 1. The molecule has 0 saturated heterocycles. The van der Waals surface area contributed by atoms with E-state index in [2.05, 4.69) is 5.16 Å². The van der Waals surface area contributed by atoms with Gasteiger partial charge in [-0.2, -0.15) is 0 Å². The fourth-order valence-electron chi connectivity index (χ4n) is 1.84. The molecule has 0 spiro atoms. The Hall–Kier alpha value is -1.26. The summed E-state index contributed by atoms with van der Waals surface area (Å²) in [6.45, 7) is 5.94. The molecule has 0 aromatic rings. The highest BCUT2D eigenvalue weighted by atomic mass is 16.4. The molecule has 0 aliphatic rings. The van der Waals surface area contributed by atoms with Crippen LogP contribution in [-0.2, 0) is 4.79 Å². The summed E-state index contributed by atoms with van der Waals surface area (Å²) in [6.07, 6.45) is 2.36. The summed E-state index contributed by atoms with van der Waals surface area (Å²) in [5.74, 6) is -0.604. The highest BCUT2D eigenvalue weighted by molar-refractivity contribution is 6.02. The van der Waals surface area contributed by atoms with E-state index >= 15 is 0 Å². The number of amidine groups is 1. The summed E-state index contributed by atoms with van der Waals surface area (Å²) >= 11 is 0. The van der Waals surface area contributed by atoms with Crippen molar-refractivity contribution in [1.29, 1.82) is 0 Å². The number of nitrogens with zero attached hydrogens (tertiary/aromatic N) is 2. The number of hydrogen-bond donors (Lipinski definition) is 2. The number of carbonyl (C=O) groups excluding carboxylic acids is 1. The molecule has 0 rings (SSSR count). The van der Waals surface area contributed by atoms with E-state index in [-0.39, 0.29) is 17.8 Å². The van der Waals surface area contributed by atoms with Gasteiger partial charge in [0.15, 0.2) is 5.84 Å². The molecule has 0 bridgehead atoms. The molecule has 1 amide bonds. The van der Waals surface area contributed by atoms with Crippen molar-refractivity contribution in [3.63, 3.8) is 0 Å². The van der Waals surface area contributed by atoms with Crippen molar-refractivity contribution in [2.24, 2.45) is 16.8 Å². The zero-order chi connectivity index (χ0) is 12.7. The van der Waals surface area contributed by atoms with E-state index in [0.717, 1.165) is 12.8 Å². The average molecular weight is 229 g/mol. The molecule has 5 nitrogen and oxygen atoms in total. The summed E-state index contributed by atoms with van der Waals surface area (Å²) < 4.78 is 0. The van der Waals surface area contributed by atoms with Crippen molar-refractivity contribution < 1.29 is 10.0 Å². The van der Waals surface area contributed by atoms with Gasteiger partial charge in [0.1, 0.15) is 0 Å². The van der Waals surface area contributed by atoms with Crippen LogP contribution in [0.2, 0.25) is 0 Å². The number of oxime groups is 1. The van der Waals surface area contributed by atoms with Crippen molar-refractivity contribution >= 4 is 11.7 Å². The Morgan fingerprint density at radius 3 is 2.12 bits per heavy atom. The first-order valence-electron chi connectivity index (χ1n) is 5.77. The molecule has 0 radical (unpaired) electrons. The van der Waals surface area contributed by atoms with E-state index in [1.807, 2.05) is 20.8 Å². The van der Waals surface area contributed by atoms with Crippen LogP contribution in [0.15, 0.2) is 5.16 Å². The standard InChI is InChI=1S/C11H23N3O2/c1-5-8(6-2)14(4)11(15)9(7-3)10(12)13-16/h8-9,16H,5-7H2,1-4H3,(H2,12,13). The first-order valence-corrected chi connectivity index (χ1v) is 5.77. The van der Waals surface area contributed by atoms with Gasteiger partial charge in [0.05, 0.1) is 5.92 Å². The average Bonchev–Trinajstić information content (AvgIpc) is 2.30. The topological polar surface area (TPSA) is 78.9 Å². The molecule has 16 heavy (non-hydrogen) atoms. The monoisotopic (exact) mass is 229 g/mol. The van der Waals surface area contributed by atoms with Gasteiger partial charge >= 0.3 is 0 Å². The molecule has 3 N–H and O–H groups in total. The van der Waals surface area contributed by atoms with Gasteiger partial charge in [-0.15, -0.1) is 0 Å². The van der Waals surface area contributed by atoms with E-state index in [0.29, 0.717) is 6.42 Å². The SMILES string of the molecule is CCC(C(=O)N(C)C(CC)CC)C(N)=NO. The lowest BCUT2D eigenvalue weighted by atomic mass is 10.0. The second-order valence-corrected chi connectivity index (χ2v) is 3.91. The molecule has 1 atom stereocenters. The number of nitrogens with two attached hydrogens (primary N) is 1. The molecule has 94 valence electrons. The maximum Gasteiger partial charge on any atom is 0.233 e. The smallest absolute Gasteiger partial charge is 0.233 e. The molecule has 0 aliphatic carbocycles. The second kappa shape index (κ2) is 7.09. The summed E-state index contributed by atoms with van der Waals surface area (Å²) in [5.41, 5.74) is 5.50. The molecule has 0 aromatic heterocycles. The Morgan fingerprint density at radius 2 is 1.81 bits per heavy atom. The van der Waals surface area contributed by atoms with Crippen LogP contribution in [0.1, 0.15) is 40.0 Å². The minimum Gasteiger partial charge on any atom is -0.409 e. The number of rotatable bonds is 6. The van der Waals surface area contributed by atoms with Crippen LogP contribution in [0.4, 0.5) is 0 Å². The quantitative estimate of drug-likeness (QED) is 0.313. The van der Waals surface area contributed by atoms with Crippen LogP contribution in [0.5, 0.6) is 0 Å². The van der Waals surface area contributed by atoms with Crippen LogP contribution in [-0.4, -0.2) is 34.9 Å². The Balaban J connectivity index is 4.74. The van der Waals surface area contributed by atoms with Gasteiger partial charge in [0.25, 0.3) is 0 Å². The lowest BCUT2D eigenvalue weighted by Gasteiger charge is -2.29. The van der Waals surface area contributed by atoms with Gasteiger partial charge in [-0.25, -0.2) is 0 Å². The highest BCUT2D eigenvalue weighted by Gasteiger charge is 2.27. The number of hydrogen-bond acceptors (Lipinski definition) is 3. The molecule has 0 saturated carbocycles. The first-order chi connectivity index (χ1) is 7.53. The van der Waals surface area contributed by atoms with Crippen LogP contribution < -0.4 is 5.73 Å². The Labute approximate surface area is 97.3 Å². The Kier molecular flexibility index (Phi) is 6.53. The van der Waals surface area contributed by atoms with Crippen molar-refractivity contribution in [3.05, 3.63) is 0 Å². The summed E-state index contributed by atoms with van der Waals surface area (Å²) in [4.78, 5) is 13.8. The van der Waals surface area contributed by atoms with Crippen LogP contribution >= 0.6 is 0 Å².